The van der Waals surface area contributed by atoms with E-state index < -0.39 is 0 Å². The molecular formula is C17H23N. The molecule has 0 fully saturated rings. The summed E-state index contributed by atoms with van der Waals surface area (Å²) >= 11 is 0. The minimum Gasteiger partial charge on any atom is -0.294 e. The predicted molar refractivity (Wildman–Crippen MR) is 77.3 cm³/mol. The molecule has 0 saturated carbocycles. The normalized spacial score (nSPS) is 22.1. The zero-order chi connectivity index (χ0) is 13.4. The molecule has 1 aliphatic rings. The zero-order valence-corrected chi connectivity index (χ0v) is 11.9. The van der Waals surface area contributed by atoms with Crippen molar-refractivity contribution in [3.05, 3.63) is 35.4 Å². The largest absolute Gasteiger partial charge is 0.294 e. The number of aryl methyl sites for hydroxylation is 1. The minimum absolute atomic E-state index is 0.239. The Hall–Kier alpha value is -1.26. The van der Waals surface area contributed by atoms with Crippen molar-refractivity contribution >= 4 is 0 Å². The Bertz CT molecular complexity index is 477. The van der Waals surface area contributed by atoms with Crippen LogP contribution in [0.15, 0.2) is 24.3 Å². The highest BCUT2D eigenvalue weighted by molar-refractivity contribution is 5.35. The van der Waals surface area contributed by atoms with Crippen molar-refractivity contribution in [1.82, 2.24) is 5.32 Å². The van der Waals surface area contributed by atoms with Gasteiger partial charge in [0.25, 0.3) is 0 Å². The van der Waals surface area contributed by atoms with Crippen LogP contribution in [-0.2, 0) is 6.42 Å². The highest BCUT2D eigenvalue weighted by Crippen LogP contribution is 2.44. The third kappa shape index (κ3) is 2.44. The Balaban J connectivity index is 2.40. The number of rotatable bonds is 2. The molecule has 1 atom stereocenters. The van der Waals surface area contributed by atoms with E-state index in [2.05, 4.69) is 63.2 Å². The summed E-state index contributed by atoms with van der Waals surface area (Å²) in [6.07, 6.45) is 7.98. The van der Waals surface area contributed by atoms with E-state index in [9.17, 15) is 0 Å². The summed E-state index contributed by atoms with van der Waals surface area (Å²) in [4.78, 5) is 0. The number of hydrogen-bond donors (Lipinski definition) is 1. The lowest BCUT2D eigenvalue weighted by Gasteiger charge is -2.43. The first-order valence-electron chi connectivity index (χ1n) is 6.69. The van der Waals surface area contributed by atoms with Crippen LogP contribution in [0.25, 0.3) is 0 Å². The monoisotopic (exact) mass is 241 g/mol. The first-order valence-corrected chi connectivity index (χ1v) is 6.69. The van der Waals surface area contributed by atoms with E-state index in [4.69, 9.17) is 6.42 Å². The first-order chi connectivity index (χ1) is 8.36. The van der Waals surface area contributed by atoms with Gasteiger partial charge in [-0.1, -0.05) is 44.0 Å². The first kappa shape index (κ1) is 13.2. The average Bonchev–Trinajstić information content (AvgIpc) is 2.33. The van der Waals surface area contributed by atoms with E-state index in [1.165, 1.54) is 17.5 Å². The minimum atomic E-state index is -0.271. The third-order valence-electron chi connectivity index (χ3n) is 4.05. The molecule has 1 aromatic carbocycles. The molecule has 2 rings (SSSR count). The molecule has 0 bridgehead atoms. The fourth-order valence-electron chi connectivity index (χ4n) is 2.74. The predicted octanol–water partition coefficient (Wildman–Crippen LogP) is 3.70. The molecule has 1 nitrogen and oxygen atoms in total. The van der Waals surface area contributed by atoms with Crippen molar-refractivity contribution in [2.45, 2.75) is 52.1 Å². The van der Waals surface area contributed by atoms with Gasteiger partial charge in [-0.25, -0.2) is 0 Å². The van der Waals surface area contributed by atoms with Crippen LogP contribution in [0, 0.1) is 17.8 Å². The van der Waals surface area contributed by atoms with Gasteiger partial charge in [-0.2, -0.15) is 0 Å². The maximum Gasteiger partial charge on any atom is 0.0746 e. The molecule has 0 heterocycles. The lowest BCUT2D eigenvalue weighted by atomic mass is 9.69. The van der Waals surface area contributed by atoms with Gasteiger partial charge in [-0.15, -0.1) is 6.42 Å². The Morgan fingerprint density at radius 3 is 2.67 bits per heavy atom. The number of hydrogen-bond acceptors (Lipinski definition) is 1. The smallest absolute Gasteiger partial charge is 0.0746 e. The van der Waals surface area contributed by atoms with Crippen LogP contribution >= 0.6 is 0 Å². The summed E-state index contributed by atoms with van der Waals surface area (Å²) in [5, 5.41) is 3.66. The topological polar surface area (TPSA) is 12.0 Å². The van der Waals surface area contributed by atoms with Crippen LogP contribution < -0.4 is 5.32 Å². The summed E-state index contributed by atoms with van der Waals surface area (Å²) in [7, 11) is 0. The quantitative estimate of drug-likeness (QED) is 0.778. The van der Waals surface area contributed by atoms with E-state index in [-0.39, 0.29) is 11.0 Å². The molecule has 1 aromatic rings. The molecule has 0 aromatic heterocycles. The van der Waals surface area contributed by atoms with Crippen molar-refractivity contribution in [2.24, 2.45) is 5.41 Å². The number of benzene rings is 1. The second kappa shape index (κ2) is 4.44. The van der Waals surface area contributed by atoms with Gasteiger partial charge in [-0.05, 0) is 43.2 Å². The maximum absolute atomic E-state index is 5.62. The molecular weight excluding hydrogens is 218 g/mol. The van der Waals surface area contributed by atoms with Crippen LogP contribution in [0.1, 0.15) is 51.3 Å². The maximum atomic E-state index is 5.62. The number of fused-ring (bicyclic) bond motifs is 1. The van der Waals surface area contributed by atoms with Crippen molar-refractivity contribution in [3.63, 3.8) is 0 Å². The Kier molecular flexibility index (Phi) is 3.25. The van der Waals surface area contributed by atoms with E-state index >= 15 is 0 Å². The molecule has 1 unspecified atom stereocenters. The Labute approximate surface area is 111 Å². The highest BCUT2D eigenvalue weighted by Gasteiger charge is 2.37. The molecule has 18 heavy (non-hydrogen) atoms. The van der Waals surface area contributed by atoms with Crippen molar-refractivity contribution in [2.75, 3.05) is 0 Å². The van der Waals surface area contributed by atoms with Crippen LogP contribution in [0.4, 0.5) is 0 Å². The summed E-state index contributed by atoms with van der Waals surface area (Å²) in [6.45, 7) is 8.79. The molecule has 0 amide bonds. The number of terminal acetylenes is 1. The van der Waals surface area contributed by atoms with Gasteiger partial charge in [0.1, 0.15) is 0 Å². The third-order valence-corrected chi connectivity index (χ3v) is 4.05. The summed E-state index contributed by atoms with van der Waals surface area (Å²) in [5.41, 5.74) is 2.84. The summed E-state index contributed by atoms with van der Waals surface area (Å²) in [6, 6.07) is 9.05. The van der Waals surface area contributed by atoms with Gasteiger partial charge >= 0.3 is 0 Å². The number of nitrogens with one attached hydrogen (secondary N) is 1. The highest BCUT2D eigenvalue weighted by atomic mass is 15.0. The van der Waals surface area contributed by atoms with E-state index in [0.29, 0.717) is 6.04 Å². The molecule has 0 aliphatic heterocycles. The lowest BCUT2D eigenvalue weighted by Crippen LogP contribution is -2.47. The summed E-state index contributed by atoms with van der Waals surface area (Å²) in [5.74, 6) is 2.85. The standard InChI is InChI=1S/C17H23N/c1-6-17(4,5)18-15-14-10-8-7-9-13(14)11-12-16(15,2)3/h1,7-10,15,18H,11-12H2,2-5H3. The van der Waals surface area contributed by atoms with Gasteiger partial charge < -0.3 is 0 Å². The van der Waals surface area contributed by atoms with Crippen LogP contribution in [0.2, 0.25) is 0 Å². The zero-order valence-electron chi connectivity index (χ0n) is 11.9. The second-order valence-electron chi connectivity index (χ2n) is 6.53. The Morgan fingerprint density at radius 1 is 1.33 bits per heavy atom. The van der Waals surface area contributed by atoms with Crippen LogP contribution in [0.3, 0.4) is 0 Å². The lowest BCUT2D eigenvalue weighted by molar-refractivity contribution is 0.185. The molecule has 0 spiro atoms. The molecule has 96 valence electrons. The Morgan fingerprint density at radius 2 is 2.00 bits per heavy atom. The van der Waals surface area contributed by atoms with Gasteiger partial charge in [0.15, 0.2) is 0 Å². The van der Waals surface area contributed by atoms with Gasteiger partial charge in [0.2, 0.25) is 0 Å². The molecule has 1 heteroatoms. The summed E-state index contributed by atoms with van der Waals surface area (Å²) < 4.78 is 0. The van der Waals surface area contributed by atoms with Crippen molar-refractivity contribution in [3.8, 4) is 12.3 Å². The average molecular weight is 241 g/mol. The van der Waals surface area contributed by atoms with Crippen molar-refractivity contribution in [1.29, 1.82) is 0 Å². The fraction of sp³-hybridized carbons (Fsp3) is 0.529. The van der Waals surface area contributed by atoms with Gasteiger partial charge in [0.05, 0.1) is 5.54 Å². The van der Waals surface area contributed by atoms with E-state index in [1.54, 1.807) is 0 Å². The second-order valence-corrected chi connectivity index (χ2v) is 6.53. The van der Waals surface area contributed by atoms with E-state index in [0.717, 1.165) is 6.42 Å². The molecule has 1 N–H and O–H groups in total. The molecule has 0 saturated heterocycles. The SMILES string of the molecule is C#CC(C)(C)NC1c2ccccc2CCC1(C)C. The van der Waals surface area contributed by atoms with Crippen LogP contribution in [-0.4, -0.2) is 5.54 Å². The van der Waals surface area contributed by atoms with Crippen LogP contribution in [0.5, 0.6) is 0 Å². The van der Waals surface area contributed by atoms with Gasteiger partial charge in [0, 0.05) is 6.04 Å². The van der Waals surface area contributed by atoms with E-state index in [1.807, 2.05) is 0 Å². The fourth-order valence-corrected chi connectivity index (χ4v) is 2.74. The molecule has 1 aliphatic carbocycles. The molecule has 0 radical (unpaired) electrons. The van der Waals surface area contributed by atoms with Gasteiger partial charge in [-0.3, -0.25) is 5.32 Å². The van der Waals surface area contributed by atoms with Crippen molar-refractivity contribution < 1.29 is 0 Å².